The molecule has 0 bridgehead atoms. The van der Waals surface area contributed by atoms with Crippen LogP contribution < -0.4 is 5.32 Å². The van der Waals surface area contributed by atoms with Gasteiger partial charge in [-0.15, -0.1) is 5.10 Å². The van der Waals surface area contributed by atoms with Crippen LogP contribution in [0, 0.1) is 0 Å². The first-order valence-corrected chi connectivity index (χ1v) is 4.83. The van der Waals surface area contributed by atoms with Crippen LogP contribution in [0.3, 0.4) is 0 Å². The van der Waals surface area contributed by atoms with Gasteiger partial charge < -0.3 is 5.32 Å². The van der Waals surface area contributed by atoms with Crippen LogP contribution in [-0.4, -0.2) is 20.0 Å². The fourth-order valence-corrected chi connectivity index (χ4v) is 1.36. The van der Waals surface area contributed by atoms with Crippen LogP contribution in [0.15, 0.2) is 24.5 Å². The van der Waals surface area contributed by atoms with Gasteiger partial charge in [0.05, 0.1) is 24.1 Å². The topological polar surface area (TPSA) is 55.6 Å². The zero-order valence-corrected chi connectivity index (χ0v) is 8.94. The van der Waals surface area contributed by atoms with E-state index >= 15 is 0 Å². The summed E-state index contributed by atoms with van der Waals surface area (Å²) in [5, 5.41) is 11.2. The molecule has 0 aliphatic heterocycles. The molecule has 6 heteroatoms. The van der Waals surface area contributed by atoms with Crippen molar-refractivity contribution in [2.45, 2.75) is 6.54 Å². The van der Waals surface area contributed by atoms with Crippen molar-refractivity contribution < 1.29 is 0 Å². The molecule has 0 radical (unpaired) electrons. The number of hydrogen-bond acceptors (Lipinski definition) is 4. The molecule has 0 aromatic carbocycles. The minimum Gasteiger partial charge on any atom is -0.377 e. The van der Waals surface area contributed by atoms with E-state index in [0.29, 0.717) is 11.7 Å². The number of anilines is 1. The number of rotatable bonds is 3. The first-order chi connectivity index (χ1) is 7.27. The molecular weight excluding hydrogens is 214 g/mol. The van der Waals surface area contributed by atoms with E-state index in [2.05, 4.69) is 20.6 Å². The normalized spacial score (nSPS) is 10.3. The molecule has 2 aromatic heterocycles. The molecule has 1 N–H and O–H groups in total. The number of halogens is 1. The SMILES string of the molecule is Cn1nncc1CNc1cccnc1Cl. The molecule has 0 atom stereocenters. The lowest BCUT2D eigenvalue weighted by Crippen LogP contribution is -2.05. The van der Waals surface area contributed by atoms with Gasteiger partial charge in [0.25, 0.3) is 0 Å². The molecule has 2 heterocycles. The molecule has 0 saturated carbocycles. The Bertz CT molecular complexity index is 453. The fourth-order valence-electron chi connectivity index (χ4n) is 1.17. The zero-order valence-electron chi connectivity index (χ0n) is 8.18. The van der Waals surface area contributed by atoms with Crippen LogP contribution in [0.1, 0.15) is 5.69 Å². The van der Waals surface area contributed by atoms with E-state index in [0.717, 1.165) is 11.4 Å². The molecule has 0 spiro atoms. The third kappa shape index (κ3) is 2.24. The fraction of sp³-hybridized carbons (Fsp3) is 0.222. The Morgan fingerprint density at radius 3 is 3.07 bits per heavy atom. The van der Waals surface area contributed by atoms with Gasteiger partial charge in [-0.05, 0) is 12.1 Å². The summed E-state index contributed by atoms with van der Waals surface area (Å²) in [7, 11) is 1.84. The summed E-state index contributed by atoms with van der Waals surface area (Å²) >= 11 is 5.89. The Morgan fingerprint density at radius 1 is 1.53 bits per heavy atom. The van der Waals surface area contributed by atoms with Gasteiger partial charge in [0.2, 0.25) is 0 Å². The molecular formula is C9H10ClN5. The highest BCUT2D eigenvalue weighted by Crippen LogP contribution is 2.17. The maximum atomic E-state index is 5.89. The minimum absolute atomic E-state index is 0.465. The molecule has 2 aromatic rings. The van der Waals surface area contributed by atoms with Crippen LogP contribution in [-0.2, 0) is 13.6 Å². The highest BCUT2D eigenvalue weighted by Gasteiger charge is 2.02. The summed E-state index contributed by atoms with van der Waals surface area (Å²) in [5.41, 5.74) is 1.79. The second-order valence-corrected chi connectivity index (χ2v) is 3.40. The van der Waals surface area contributed by atoms with Crippen molar-refractivity contribution in [3.05, 3.63) is 35.4 Å². The number of nitrogens with one attached hydrogen (secondary N) is 1. The van der Waals surface area contributed by atoms with E-state index in [1.54, 1.807) is 17.1 Å². The highest BCUT2D eigenvalue weighted by atomic mass is 35.5. The molecule has 2 rings (SSSR count). The van der Waals surface area contributed by atoms with Crippen LogP contribution in [0.5, 0.6) is 0 Å². The largest absolute Gasteiger partial charge is 0.377 e. The van der Waals surface area contributed by atoms with Crippen LogP contribution in [0.25, 0.3) is 0 Å². The minimum atomic E-state index is 0.465. The molecule has 0 fully saturated rings. The summed E-state index contributed by atoms with van der Waals surface area (Å²) in [4.78, 5) is 3.97. The second kappa shape index (κ2) is 4.27. The summed E-state index contributed by atoms with van der Waals surface area (Å²) in [6, 6.07) is 3.70. The van der Waals surface area contributed by atoms with Crippen LogP contribution >= 0.6 is 11.6 Å². The molecule has 0 aliphatic rings. The lowest BCUT2D eigenvalue weighted by atomic mass is 10.4. The summed E-state index contributed by atoms with van der Waals surface area (Å²) in [6.45, 7) is 0.620. The quantitative estimate of drug-likeness (QED) is 0.801. The van der Waals surface area contributed by atoms with Crippen molar-refractivity contribution >= 4 is 17.3 Å². The van der Waals surface area contributed by atoms with Crippen molar-refractivity contribution in [1.29, 1.82) is 0 Å². The Labute approximate surface area is 92.1 Å². The standard InChI is InChI=1S/C9H10ClN5/c1-15-7(6-13-14-15)5-12-8-3-2-4-11-9(8)10/h2-4,6,12H,5H2,1H3. The lowest BCUT2D eigenvalue weighted by molar-refractivity contribution is 0.683. The van der Waals surface area contributed by atoms with Gasteiger partial charge in [0.1, 0.15) is 0 Å². The van der Waals surface area contributed by atoms with Gasteiger partial charge in [-0.25, -0.2) is 4.98 Å². The molecule has 0 saturated heterocycles. The zero-order chi connectivity index (χ0) is 10.7. The van der Waals surface area contributed by atoms with Crippen molar-refractivity contribution in [2.24, 2.45) is 7.05 Å². The van der Waals surface area contributed by atoms with Crippen LogP contribution in [0.2, 0.25) is 5.15 Å². The van der Waals surface area contributed by atoms with E-state index in [-0.39, 0.29) is 0 Å². The van der Waals surface area contributed by atoms with Crippen LogP contribution in [0.4, 0.5) is 5.69 Å². The van der Waals surface area contributed by atoms with Gasteiger partial charge in [0.15, 0.2) is 5.15 Å². The number of nitrogens with zero attached hydrogens (tertiary/aromatic N) is 4. The average molecular weight is 224 g/mol. The maximum Gasteiger partial charge on any atom is 0.152 e. The Hall–Kier alpha value is -1.62. The Morgan fingerprint density at radius 2 is 2.40 bits per heavy atom. The molecule has 5 nitrogen and oxygen atoms in total. The third-order valence-corrected chi connectivity index (χ3v) is 2.33. The van der Waals surface area contributed by atoms with Crippen molar-refractivity contribution in [3.8, 4) is 0 Å². The summed E-state index contributed by atoms with van der Waals surface area (Å²) in [6.07, 6.45) is 3.36. The predicted octanol–water partition coefficient (Wildman–Crippen LogP) is 1.48. The molecule has 78 valence electrons. The van der Waals surface area contributed by atoms with Gasteiger partial charge in [-0.2, -0.15) is 0 Å². The average Bonchev–Trinajstić information content (AvgIpc) is 2.63. The lowest BCUT2D eigenvalue weighted by Gasteiger charge is -2.06. The van der Waals surface area contributed by atoms with Crippen molar-refractivity contribution in [2.75, 3.05) is 5.32 Å². The summed E-state index contributed by atoms with van der Waals surface area (Å²) < 4.78 is 1.71. The first-order valence-electron chi connectivity index (χ1n) is 4.45. The van der Waals surface area contributed by atoms with Gasteiger partial charge >= 0.3 is 0 Å². The number of aryl methyl sites for hydroxylation is 1. The van der Waals surface area contributed by atoms with Crippen molar-refractivity contribution in [3.63, 3.8) is 0 Å². The Balaban J connectivity index is 2.06. The van der Waals surface area contributed by atoms with E-state index in [1.807, 2.05) is 19.2 Å². The number of aromatic nitrogens is 4. The first kappa shape index (κ1) is 9.92. The maximum absolute atomic E-state index is 5.89. The Kier molecular flexibility index (Phi) is 2.82. The number of pyridine rings is 1. The smallest absolute Gasteiger partial charge is 0.152 e. The van der Waals surface area contributed by atoms with E-state index in [1.165, 1.54) is 0 Å². The molecule has 0 unspecified atom stereocenters. The van der Waals surface area contributed by atoms with E-state index in [9.17, 15) is 0 Å². The second-order valence-electron chi connectivity index (χ2n) is 3.04. The molecule has 0 aliphatic carbocycles. The molecule has 15 heavy (non-hydrogen) atoms. The van der Waals surface area contributed by atoms with Gasteiger partial charge in [-0.3, -0.25) is 4.68 Å². The summed E-state index contributed by atoms with van der Waals surface area (Å²) in [5.74, 6) is 0. The molecule has 0 amide bonds. The highest BCUT2D eigenvalue weighted by molar-refractivity contribution is 6.31. The van der Waals surface area contributed by atoms with Gasteiger partial charge in [0, 0.05) is 13.2 Å². The van der Waals surface area contributed by atoms with Crippen molar-refractivity contribution in [1.82, 2.24) is 20.0 Å². The number of hydrogen-bond donors (Lipinski definition) is 1. The monoisotopic (exact) mass is 223 g/mol. The predicted molar refractivity (Wildman–Crippen MR) is 57.6 cm³/mol. The van der Waals surface area contributed by atoms with E-state index in [4.69, 9.17) is 11.6 Å². The third-order valence-electron chi connectivity index (χ3n) is 2.03. The van der Waals surface area contributed by atoms with E-state index < -0.39 is 0 Å². The van der Waals surface area contributed by atoms with Gasteiger partial charge in [-0.1, -0.05) is 16.8 Å².